The molecule has 0 fully saturated rings. The number of nitrogens with two attached hydrogens (primary N) is 1. The zero-order valence-corrected chi connectivity index (χ0v) is 8.66. The van der Waals surface area contributed by atoms with Crippen LogP contribution in [-0.4, -0.2) is 0 Å². The lowest BCUT2D eigenvalue weighted by atomic mass is 10.1. The zero-order valence-electron chi connectivity index (χ0n) is 7.84. The van der Waals surface area contributed by atoms with E-state index in [-0.39, 0.29) is 6.04 Å². The van der Waals surface area contributed by atoms with Crippen molar-refractivity contribution in [3.8, 4) is 0 Å². The maximum absolute atomic E-state index is 6.00. The Hall–Kier alpha value is -0.340. The summed E-state index contributed by atoms with van der Waals surface area (Å²) in [6, 6.07) is 2.47. The van der Waals surface area contributed by atoms with Gasteiger partial charge in [-0.25, -0.2) is 0 Å². The molecule has 0 spiro atoms. The number of aryl methyl sites for hydroxylation is 1. The summed E-state index contributed by atoms with van der Waals surface area (Å²) in [5.41, 5.74) is 7.34. The monoisotopic (exact) mass is 183 g/mol. The summed E-state index contributed by atoms with van der Waals surface area (Å²) in [6.45, 7) is 4.32. The average molecular weight is 183 g/mol. The molecule has 1 aromatic rings. The lowest BCUT2D eigenvalue weighted by molar-refractivity contribution is 0.611. The van der Waals surface area contributed by atoms with Gasteiger partial charge < -0.3 is 5.73 Å². The minimum Gasteiger partial charge on any atom is -0.323 e. The van der Waals surface area contributed by atoms with Crippen LogP contribution >= 0.6 is 11.3 Å². The summed E-state index contributed by atoms with van der Waals surface area (Å²) < 4.78 is 0. The Labute approximate surface area is 78.6 Å². The van der Waals surface area contributed by atoms with Gasteiger partial charge in [-0.05, 0) is 30.4 Å². The standard InChI is InChI=1S/C10H17NS/c1-3-4-5-9(11)10-6-8(2)7-12-10/h6-7,9H,3-5,11H2,1-2H3/t9-/m0/s1. The van der Waals surface area contributed by atoms with Crippen molar-refractivity contribution in [1.29, 1.82) is 0 Å². The average Bonchev–Trinajstić information content (AvgIpc) is 2.47. The van der Waals surface area contributed by atoms with Crippen LogP contribution in [-0.2, 0) is 0 Å². The normalized spacial score (nSPS) is 13.2. The second-order valence-corrected chi connectivity index (χ2v) is 4.22. The predicted octanol–water partition coefficient (Wildman–Crippen LogP) is 3.25. The van der Waals surface area contributed by atoms with Gasteiger partial charge in [0.1, 0.15) is 0 Å². The van der Waals surface area contributed by atoms with E-state index < -0.39 is 0 Å². The Bertz CT molecular complexity index is 229. The minimum absolute atomic E-state index is 0.267. The van der Waals surface area contributed by atoms with Gasteiger partial charge in [0, 0.05) is 10.9 Å². The van der Waals surface area contributed by atoms with E-state index in [0.717, 1.165) is 6.42 Å². The largest absolute Gasteiger partial charge is 0.323 e. The fraction of sp³-hybridized carbons (Fsp3) is 0.600. The Morgan fingerprint density at radius 1 is 1.58 bits per heavy atom. The van der Waals surface area contributed by atoms with Gasteiger partial charge in [-0.2, -0.15) is 0 Å². The van der Waals surface area contributed by atoms with Crippen molar-refractivity contribution >= 4 is 11.3 Å². The second kappa shape index (κ2) is 4.63. The first kappa shape index (κ1) is 9.75. The molecule has 2 N–H and O–H groups in total. The van der Waals surface area contributed by atoms with Gasteiger partial charge in [0.05, 0.1) is 0 Å². The van der Waals surface area contributed by atoms with Gasteiger partial charge in [0.15, 0.2) is 0 Å². The molecule has 0 amide bonds. The van der Waals surface area contributed by atoms with Crippen molar-refractivity contribution in [2.75, 3.05) is 0 Å². The highest BCUT2D eigenvalue weighted by Gasteiger charge is 2.06. The molecule has 0 bridgehead atoms. The third-order valence-corrected chi connectivity index (χ3v) is 3.17. The SMILES string of the molecule is CCCC[C@H](N)c1cc(C)cs1. The zero-order chi connectivity index (χ0) is 8.97. The highest BCUT2D eigenvalue weighted by atomic mass is 32.1. The van der Waals surface area contributed by atoms with Crippen LogP contribution in [0.5, 0.6) is 0 Å². The Morgan fingerprint density at radius 3 is 2.83 bits per heavy atom. The first-order valence-electron chi connectivity index (χ1n) is 4.54. The molecule has 0 saturated heterocycles. The van der Waals surface area contributed by atoms with Crippen LogP contribution in [0.3, 0.4) is 0 Å². The van der Waals surface area contributed by atoms with Crippen LogP contribution in [0.15, 0.2) is 11.4 Å². The third kappa shape index (κ3) is 2.61. The highest BCUT2D eigenvalue weighted by molar-refractivity contribution is 7.10. The van der Waals surface area contributed by atoms with E-state index in [0.29, 0.717) is 0 Å². The van der Waals surface area contributed by atoms with Crippen LogP contribution in [0.4, 0.5) is 0 Å². The molecule has 0 radical (unpaired) electrons. The van der Waals surface area contributed by atoms with Crippen molar-refractivity contribution in [2.45, 2.75) is 39.2 Å². The summed E-state index contributed by atoms with van der Waals surface area (Å²) in [5, 5.41) is 2.17. The van der Waals surface area contributed by atoms with E-state index in [4.69, 9.17) is 5.73 Å². The molecular weight excluding hydrogens is 166 g/mol. The van der Waals surface area contributed by atoms with E-state index in [1.54, 1.807) is 11.3 Å². The molecule has 1 rings (SSSR count). The summed E-state index contributed by atoms with van der Waals surface area (Å²) in [4.78, 5) is 1.33. The van der Waals surface area contributed by atoms with E-state index in [1.165, 1.54) is 23.3 Å². The summed E-state index contributed by atoms with van der Waals surface area (Å²) in [7, 11) is 0. The number of hydrogen-bond acceptors (Lipinski definition) is 2. The van der Waals surface area contributed by atoms with Crippen LogP contribution in [0.1, 0.15) is 42.7 Å². The first-order valence-corrected chi connectivity index (χ1v) is 5.42. The molecule has 12 heavy (non-hydrogen) atoms. The van der Waals surface area contributed by atoms with Crippen molar-refractivity contribution < 1.29 is 0 Å². The molecular formula is C10H17NS. The van der Waals surface area contributed by atoms with Crippen LogP contribution in [0.25, 0.3) is 0 Å². The van der Waals surface area contributed by atoms with Gasteiger partial charge in [0.25, 0.3) is 0 Å². The van der Waals surface area contributed by atoms with Gasteiger partial charge in [-0.1, -0.05) is 19.8 Å². The molecule has 2 heteroatoms. The molecule has 0 aliphatic rings. The second-order valence-electron chi connectivity index (χ2n) is 3.28. The summed E-state index contributed by atoms with van der Waals surface area (Å²) >= 11 is 1.78. The van der Waals surface area contributed by atoms with Crippen LogP contribution in [0.2, 0.25) is 0 Å². The van der Waals surface area contributed by atoms with Crippen molar-refractivity contribution in [2.24, 2.45) is 5.73 Å². The molecule has 0 aromatic carbocycles. The smallest absolute Gasteiger partial charge is 0.0389 e. The molecule has 0 aliphatic heterocycles. The molecule has 1 heterocycles. The first-order chi connectivity index (χ1) is 5.74. The van der Waals surface area contributed by atoms with Crippen molar-refractivity contribution in [1.82, 2.24) is 0 Å². The van der Waals surface area contributed by atoms with Crippen LogP contribution in [0, 0.1) is 6.92 Å². The Morgan fingerprint density at radius 2 is 2.33 bits per heavy atom. The van der Waals surface area contributed by atoms with E-state index in [1.807, 2.05) is 0 Å². The number of thiophene rings is 1. The molecule has 1 atom stereocenters. The summed E-state index contributed by atoms with van der Waals surface area (Å²) in [5.74, 6) is 0. The molecule has 1 nitrogen and oxygen atoms in total. The molecule has 0 aliphatic carbocycles. The predicted molar refractivity (Wildman–Crippen MR) is 55.5 cm³/mol. The van der Waals surface area contributed by atoms with E-state index >= 15 is 0 Å². The van der Waals surface area contributed by atoms with Crippen molar-refractivity contribution in [3.05, 3.63) is 21.9 Å². The van der Waals surface area contributed by atoms with E-state index in [2.05, 4.69) is 25.3 Å². The lowest BCUT2D eigenvalue weighted by Gasteiger charge is -2.07. The number of rotatable bonds is 4. The molecule has 0 saturated carbocycles. The fourth-order valence-corrected chi connectivity index (χ4v) is 2.15. The van der Waals surface area contributed by atoms with Crippen molar-refractivity contribution in [3.63, 3.8) is 0 Å². The third-order valence-electron chi connectivity index (χ3n) is 1.98. The molecule has 68 valence electrons. The van der Waals surface area contributed by atoms with Gasteiger partial charge >= 0.3 is 0 Å². The maximum Gasteiger partial charge on any atom is 0.0389 e. The highest BCUT2D eigenvalue weighted by Crippen LogP contribution is 2.23. The maximum atomic E-state index is 6.00. The quantitative estimate of drug-likeness (QED) is 0.762. The number of hydrogen-bond donors (Lipinski definition) is 1. The minimum atomic E-state index is 0.267. The Kier molecular flexibility index (Phi) is 3.76. The molecule has 0 unspecified atom stereocenters. The fourth-order valence-electron chi connectivity index (χ4n) is 1.21. The van der Waals surface area contributed by atoms with Gasteiger partial charge in [-0.3, -0.25) is 0 Å². The molecule has 1 aromatic heterocycles. The van der Waals surface area contributed by atoms with Crippen LogP contribution < -0.4 is 5.73 Å². The van der Waals surface area contributed by atoms with E-state index in [9.17, 15) is 0 Å². The van der Waals surface area contributed by atoms with Gasteiger partial charge in [-0.15, -0.1) is 11.3 Å². The Balaban J connectivity index is 2.47. The number of unbranched alkanes of at least 4 members (excludes halogenated alkanes) is 1. The summed E-state index contributed by atoms with van der Waals surface area (Å²) in [6.07, 6.45) is 3.59. The lowest BCUT2D eigenvalue weighted by Crippen LogP contribution is -2.07. The van der Waals surface area contributed by atoms with Gasteiger partial charge in [0.2, 0.25) is 0 Å². The topological polar surface area (TPSA) is 26.0 Å².